The van der Waals surface area contributed by atoms with Gasteiger partial charge in [0, 0.05) is 37.3 Å². The van der Waals surface area contributed by atoms with Crippen molar-refractivity contribution in [2.24, 2.45) is 0 Å². The molecule has 1 aromatic heterocycles. The highest BCUT2D eigenvalue weighted by Gasteiger charge is 2.21. The van der Waals surface area contributed by atoms with Gasteiger partial charge in [-0.3, -0.25) is 9.69 Å². The predicted octanol–water partition coefficient (Wildman–Crippen LogP) is 0.620. The van der Waals surface area contributed by atoms with Crippen LogP contribution in [-0.4, -0.2) is 47.9 Å². The smallest absolute Gasteiger partial charge is 0.205 e. The van der Waals surface area contributed by atoms with Crippen LogP contribution in [0.3, 0.4) is 0 Å². The second-order valence-corrected chi connectivity index (χ2v) is 4.68. The van der Waals surface area contributed by atoms with Crippen molar-refractivity contribution in [3.8, 4) is 0 Å². The summed E-state index contributed by atoms with van der Waals surface area (Å²) in [4.78, 5) is 18.0. The minimum Gasteiger partial charge on any atom is -0.314 e. The molecular formula is C10H15N3OS. The lowest BCUT2D eigenvalue weighted by Gasteiger charge is -2.32. The van der Waals surface area contributed by atoms with E-state index in [1.165, 1.54) is 11.3 Å². The molecule has 0 saturated carbocycles. The summed E-state index contributed by atoms with van der Waals surface area (Å²) >= 11 is 1.42. The van der Waals surface area contributed by atoms with Crippen molar-refractivity contribution in [2.75, 3.05) is 26.2 Å². The molecule has 0 aliphatic carbocycles. The van der Waals surface area contributed by atoms with E-state index in [-0.39, 0.29) is 5.78 Å². The van der Waals surface area contributed by atoms with E-state index < -0.39 is 0 Å². The highest BCUT2D eigenvalue weighted by atomic mass is 32.1. The van der Waals surface area contributed by atoms with Gasteiger partial charge in [0.2, 0.25) is 5.78 Å². The first-order valence-electron chi connectivity index (χ1n) is 5.15. The fraction of sp³-hybridized carbons (Fsp3) is 0.600. The standard InChI is InChI=1S/C10H15N3OS/c1-8-6-11-2-4-13(8)7-9(14)10-12-3-5-15-10/h3,5,8,11H,2,4,6-7H2,1H3. The molecule has 1 aliphatic heterocycles. The van der Waals surface area contributed by atoms with Crippen LogP contribution in [0.2, 0.25) is 0 Å². The average molecular weight is 225 g/mol. The van der Waals surface area contributed by atoms with Crippen molar-refractivity contribution < 1.29 is 4.79 Å². The number of carbonyl (C=O) groups is 1. The van der Waals surface area contributed by atoms with E-state index in [4.69, 9.17) is 0 Å². The number of aromatic nitrogens is 1. The van der Waals surface area contributed by atoms with E-state index in [0.717, 1.165) is 19.6 Å². The quantitative estimate of drug-likeness (QED) is 0.766. The second-order valence-electron chi connectivity index (χ2n) is 3.78. The van der Waals surface area contributed by atoms with Gasteiger partial charge in [0.25, 0.3) is 0 Å². The molecule has 1 N–H and O–H groups in total. The Labute approximate surface area is 93.3 Å². The first-order chi connectivity index (χ1) is 7.27. The maximum atomic E-state index is 11.8. The van der Waals surface area contributed by atoms with Gasteiger partial charge in [-0.2, -0.15) is 0 Å². The van der Waals surface area contributed by atoms with E-state index in [1.54, 1.807) is 6.20 Å². The first kappa shape index (κ1) is 10.7. The summed E-state index contributed by atoms with van der Waals surface area (Å²) in [5.74, 6) is 0.138. The van der Waals surface area contributed by atoms with Gasteiger partial charge in [0.15, 0.2) is 5.01 Å². The number of hydrogen-bond acceptors (Lipinski definition) is 5. The van der Waals surface area contributed by atoms with Crippen molar-refractivity contribution in [3.05, 3.63) is 16.6 Å². The van der Waals surface area contributed by atoms with Crippen LogP contribution in [0.5, 0.6) is 0 Å². The molecule has 1 aliphatic rings. The summed E-state index contributed by atoms with van der Waals surface area (Å²) in [6.45, 7) is 5.51. The molecule has 1 fully saturated rings. The molecule has 0 spiro atoms. The van der Waals surface area contributed by atoms with Crippen LogP contribution in [0.1, 0.15) is 16.7 Å². The first-order valence-corrected chi connectivity index (χ1v) is 6.03. The van der Waals surface area contributed by atoms with Crippen LogP contribution in [0, 0.1) is 0 Å². The Kier molecular flexibility index (Phi) is 3.45. The molecule has 1 unspecified atom stereocenters. The molecule has 0 bridgehead atoms. The van der Waals surface area contributed by atoms with Crippen LogP contribution in [-0.2, 0) is 0 Å². The molecule has 1 aromatic rings. The van der Waals surface area contributed by atoms with Gasteiger partial charge in [-0.1, -0.05) is 0 Å². The van der Waals surface area contributed by atoms with Gasteiger partial charge < -0.3 is 5.32 Å². The van der Waals surface area contributed by atoms with Crippen molar-refractivity contribution in [1.29, 1.82) is 0 Å². The maximum absolute atomic E-state index is 11.8. The summed E-state index contributed by atoms with van der Waals surface area (Å²) in [6.07, 6.45) is 1.68. The van der Waals surface area contributed by atoms with E-state index in [9.17, 15) is 4.79 Å². The fourth-order valence-electron chi connectivity index (χ4n) is 1.73. The molecule has 2 heterocycles. The Morgan fingerprint density at radius 2 is 2.67 bits per heavy atom. The molecule has 15 heavy (non-hydrogen) atoms. The molecule has 1 atom stereocenters. The lowest BCUT2D eigenvalue weighted by atomic mass is 10.2. The Hall–Kier alpha value is -0.780. The summed E-state index contributed by atoms with van der Waals surface area (Å²) in [7, 11) is 0. The summed E-state index contributed by atoms with van der Waals surface area (Å²) in [5.41, 5.74) is 0. The van der Waals surface area contributed by atoms with E-state index in [1.807, 2.05) is 5.38 Å². The number of thiazole rings is 1. The Morgan fingerprint density at radius 3 is 3.33 bits per heavy atom. The third kappa shape index (κ3) is 2.62. The largest absolute Gasteiger partial charge is 0.314 e. The Bertz CT molecular complexity index is 325. The van der Waals surface area contributed by atoms with Gasteiger partial charge in [0.05, 0.1) is 6.54 Å². The van der Waals surface area contributed by atoms with E-state index in [0.29, 0.717) is 17.6 Å². The molecular weight excluding hydrogens is 210 g/mol. The molecule has 2 rings (SSSR count). The lowest BCUT2D eigenvalue weighted by Crippen LogP contribution is -2.51. The monoisotopic (exact) mass is 225 g/mol. The highest BCUT2D eigenvalue weighted by molar-refractivity contribution is 7.11. The van der Waals surface area contributed by atoms with Crippen molar-refractivity contribution in [1.82, 2.24) is 15.2 Å². The minimum atomic E-state index is 0.138. The third-order valence-corrected chi connectivity index (χ3v) is 3.47. The second kappa shape index (κ2) is 4.83. The molecule has 82 valence electrons. The van der Waals surface area contributed by atoms with Crippen LogP contribution in [0.25, 0.3) is 0 Å². The van der Waals surface area contributed by atoms with Gasteiger partial charge in [-0.25, -0.2) is 4.98 Å². The van der Waals surface area contributed by atoms with Gasteiger partial charge in [-0.05, 0) is 6.92 Å². The van der Waals surface area contributed by atoms with E-state index >= 15 is 0 Å². The number of piperazine rings is 1. The number of rotatable bonds is 3. The number of nitrogens with one attached hydrogen (secondary N) is 1. The van der Waals surface area contributed by atoms with Crippen LogP contribution < -0.4 is 5.32 Å². The normalized spacial score (nSPS) is 22.9. The van der Waals surface area contributed by atoms with Crippen LogP contribution in [0.4, 0.5) is 0 Å². The zero-order valence-electron chi connectivity index (χ0n) is 8.77. The number of hydrogen-bond donors (Lipinski definition) is 1. The molecule has 5 heteroatoms. The van der Waals surface area contributed by atoms with Crippen molar-refractivity contribution in [3.63, 3.8) is 0 Å². The minimum absolute atomic E-state index is 0.138. The predicted molar refractivity (Wildman–Crippen MR) is 60.3 cm³/mol. The van der Waals surface area contributed by atoms with Crippen molar-refractivity contribution >= 4 is 17.1 Å². The molecule has 0 amide bonds. The zero-order chi connectivity index (χ0) is 10.7. The SMILES string of the molecule is CC1CNCCN1CC(=O)c1nccs1. The van der Waals surface area contributed by atoms with Crippen molar-refractivity contribution in [2.45, 2.75) is 13.0 Å². The van der Waals surface area contributed by atoms with Gasteiger partial charge in [-0.15, -0.1) is 11.3 Å². The Balaban J connectivity index is 1.93. The summed E-state index contributed by atoms with van der Waals surface area (Å²) in [6, 6.07) is 0.433. The number of Topliss-reactive ketones (excluding diaryl/α,β-unsaturated/α-hetero) is 1. The highest BCUT2D eigenvalue weighted by Crippen LogP contribution is 2.08. The molecule has 1 saturated heterocycles. The molecule has 0 radical (unpaired) electrons. The number of nitrogens with zero attached hydrogens (tertiary/aromatic N) is 2. The summed E-state index contributed by atoms with van der Waals surface area (Å²) < 4.78 is 0. The summed E-state index contributed by atoms with van der Waals surface area (Å²) in [5, 5.41) is 5.77. The zero-order valence-corrected chi connectivity index (χ0v) is 9.59. The molecule has 4 nitrogen and oxygen atoms in total. The fourth-order valence-corrected chi connectivity index (χ4v) is 2.30. The van der Waals surface area contributed by atoms with Crippen LogP contribution in [0.15, 0.2) is 11.6 Å². The topological polar surface area (TPSA) is 45.2 Å². The number of carbonyl (C=O) groups excluding carboxylic acids is 1. The molecule has 0 aromatic carbocycles. The maximum Gasteiger partial charge on any atom is 0.205 e. The third-order valence-electron chi connectivity index (χ3n) is 2.66. The van der Waals surface area contributed by atoms with Crippen LogP contribution >= 0.6 is 11.3 Å². The average Bonchev–Trinajstić information content (AvgIpc) is 2.74. The Morgan fingerprint density at radius 1 is 1.80 bits per heavy atom. The van der Waals surface area contributed by atoms with Gasteiger partial charge >= 0.3 is 0 Å². The van der Waals surface area contributed by atoms with E-state index in [2.05, 4.69) is 22.1 Å². The number of ketones is 1. The van der Waals surface area contributed by atoms with Gasteiger partial charge in [0.1, 0.15) is 0 Å². The lowest BCUT2D eigenvalue weighted by molar-refractivity contribution is 0.0875.